The molecule has 0 saturated carbocycles. The van der Waals surface area contributed by atoms with Crippen LogP contribution in [-0.4, -0.2) is 28.3 Å². The maximum absolute atomic E-state index is 13.2. The number of amides is 1. The summed E-state index contributed by atoms with van der Waals surface area (Å²) >= 11 is 5.58. The van der Waals surface area contributed by atoms with Crippen molar-refractivity contribution in [3.8, 4) is 0 Å². The molecule has 2 aromatic heterocycles. The average molecular weight is 438 g/mol. The molecule has 0 aliphatic carbocycles. The molecule has 12 heteroatoms. The number of esters is 1. The molecule has 2 rings (SSSR count). The van der Waals surface area contributed by atoms with Gasteiger partial charge in [-0.15, -0.1) is 0 Å². The molecule has 2 heterocycles. The first-order chi connectivity index (χ1) is 13.6. The number of alkyl halides is 4. The van der Waals surface area contributed by atoms with E-state index in [4.69, 9.17) is 20.8 Å². The maximum Gasteiger partial charge on any atom is 0.332 e. The van der Waals surface area contributed by atoms with E-state index in [-0.39, 0.29) is 23.8 Å². The molecule has 0 unspecified atom stereocenters. The normalized spacial score (nSPS) is 12.0. The van der Waals surface area contributed by atoms with Crippen molar-refractivity contribution in [3.63, 3.8) is 0 Å². The first-order valence-corrected chi connectivity index (χ1v) is 8.59. The molecule has 1 N–H and O–H groups in total. The van der Waals surface area contributed by atoms with Gasteiger partial charge in [-0.1, -0.05) is 11.6 Å². The topological polar surface area (TPSA) is 86.4 Å². The van der Waals surface area contributed by atoms with Crippen molar-refractivity contribution < 1.29 is 36.3 Å². The number of hydrogen-bond acceptors (Lipinski definition) is 5. The van der Waals surface area contributed by atoms with Crippen molar-refractivity contribution in [2.45, 2.75) is 33.2 Å². The average Bonchev–Trinajstić information content (AvgIpc) is 3.19. The molecule has 0 aromatic carbocycles. The van der Waals surface area contributed by atoms with Crippen molar-refractivity contribution in [3.05, 3.63) is 51.8 Å². The Morgan fingerprint density at radius 1 is 1.31 bits per heavy atom. The van der Waals surface area contributed by atoms with Crippen LogP contribution in [0.2, 0.25) is 5.02 Å². The maximum atomic E-state index is 13.2. The fraction of sp³-hybridized carbons (Fsp3) is 0.353. The van der Waals surface area contributed by atoms with E-state index in [1.807, 2.05) is 0 Å². The molecule has 158 valence electrons. The Hall–Kier alpha value is -2.82. The van der Waals surface area contributed by atoms with E-state index in [0.29, 0.717) is 4.68 Å². The summed E-state index contributed by atoms with van der Waals surface area (Å²) in [6.07, 6.45) is -5.21. The lowest BCUT2D eigenvalue weighted by molar-refractivity contribution is -0.137. The van der Waals surface area contributed by atoms with Crippen molar-refractivity contribution in [2.24, 2.45) is 0 Å². The van der Waals surface area contributed by atoms with Crippen LogP contribution < -0.4 is 5.32 Å². The van der Waals surface area contributed by atoms with Crippen molar-refractivity contribution >= 4 is 23.5 Å². The summed E-state index contributed by atoms with van der Waals surface area (Å²) in [5.41, 5.74) is -1.66. The van der Waals surface area contributed by atoms with Gasteiger partial charge in [-0.2, -0.15) is 5.10 Å². The SMILES string of the molecule is CCOC(=O)/C=C(\C)NC(=O)c1ccc(Cn2nc(C(F)F)c(Cl)c2C(F)F)o1. The van der Waals surface area contributed by atoms with Gasteiger partial charge < -0.3 is 14.5 Å². The van der Waals surface area contributed by atoms with Gasteiger partial charge in [0.05, 0.1) is 18.2 Å². The lowest BCUT2D eigenvalue weighted by atomic mass is 10.3. The standard InChI is InChI=1S/C17H16ClF4N3O4/c1-3-28-11(26)6-8(2)23-17(27)10-5-4-9(29-10)7-25-14(16(21)22)12(18)13(24-25)15(19)20/h4-6,15-16H,3,7H2,1-2H3,(H,23,27)/b8-6+. The number of allylic oxidation sites excluding steroid dienone is 1. The molecule has 0 fully saturated rings. The summed E-state index contributed by atoms with van der Waals surface area (Å²) in [5, 5.41) is 4.98. The number of ether oxygens (including phenoxy) is 1. The Bertz CT molecular complexity index is 924. The molecule has 0 atom stereocenters. The van der Waals surface area contributed by atoms with Crippen molar-refractivity contribution in [1.29, 1.82) is 0 Å². The molecule has 2 aromatic rings. The molecule has 0 radical (unpaired) electrons. The van der Waals surface area contributed by atoms with Crippen LogP contribution in [0.1, 0.15) is 54.4 Å². The number of hydrogen-bond donors (Lipinski definition) is 1. The Balaban J connectivity index is 2.16. The van der Waals surface area contributed by atoms with Crippen molar-refractivity contribution in [2.75, 3.05) is 6.61 Å². The van der Waals surface area contributed by atoms with Gasteiger partial charge in [-0.05, 0) is 26.0 Å². The van der Waals surface area contributed by atoms with Crippen LogP contribution in [0, 0.1) is 0 Å². The molecular weight excluding hydrogens is 422 g/mol. The fourth-order valence-corrected chi connectivity index (χ4v) is 2.61. The zero-order valence-corrected chi connectivity index (χ0v) is 16.0. The summed E-state index contributed by atoms with van der Waals surface area (Å²) in [5.74, 6) is -1.54. The third-order valence-corrected chi connectivity index (χ3v) is 3.88. The highest BCUT2D eigenvalue weighted by Crippen LogP contribution is 2.35. The molecule has 0 spiro atoms. The number of nitrogens with zero attached hydrogens (tertiary/aromatic N) is 2. The minimum atomic E-state index is -3.14. The van der Waals surface area contributed by atoms with Crippen LogP contribution in [0.4, 0.5) is 17.6 Å². The fourth-order valence-electron chi connectivity index (χ4n) is 2.31. The second-order valence-electron chi connectivity index (χ2n) is 5.64. The van der Waals surface area contributed by atoms with Gasteiger partial charge >= 0.3 is 5.97 Å². The van der Waals surface area contributed by atoms with Crippen molar-refractivity contribution in [1.82, 2.24) is 15.1 Å². The zero-order valence-electron chi connectivity index (χ0n) is 15.2. The van der Waals surface area contributed by atoms with Crippen LogP contribution in [0.15, 0.2) is 28.3 Å². The summed E-state index contributed by atoms with van der Waals surface area (Å²) in [6.45, 7) is 2.80. The Morgan fingerprint density at radius 2 is 2.00 bits per heavy atom. The number of rotatable bonds is 8. The van der Waals surface area contributed by atoms with E-state index in [9.17, 15) is 27.2 Å². The van der Waals surface area contributed by atoms with E-state index in [0.717, 1.165) is 6.08 Å². The first kappa shape index (κ1) is 22.5. The van der Waals surface area contributed by atoms with Gasteiger partial charge in [-0.25, -0.2) is 22.4 Å². The summed E-state index contributed by atoms with van der Waals surface area (Å²) in [7, 11) is 0. The zero-order chi connectivity index (χ0) is 21.7. The van der Waals surface area contributed by atoms with Gasteiger partial charge in [0, 0.05) is 11.8 Å². The van der Waals surface area contributed by atoms with E-state index in [1.165, 1.54) is 19.1 Å². The summed E-state index contributed by atoms with van der Waals surface area (Å²) in [4.78, 5) is 23.5. The van der Waals surface area contributed by atoms with Crippen LogP contribution in [-0.2, 0) is 16.1 Å². The molecule has 0 saturated heterocycles. The highest BCUT2D eigenvalue weighted by atomic mass is 35.5. The first-order valence-electron chi connectivity index (χ1n) is 8.21. The minimum absolute atomic E-state index is 0.00376. The highest BCUT2D eigenvalue weighted by Gasteiger charge is 2.28. The van der Waals surface area contributed by atoms with Crippen LogP contribution in [0.5, 0.6) is 0 Å². The van der Waals surface area contributed by atoms with Crippen LogP contribution >= 0.6 is 11.6 Å². The third kappa shape index (κ3) is 5.59. The molecule has 0 aliphatic rings. The quantitative estimate of drug-likeness (QED) is 0.379. The summed E-state index contributed by atoms with van der Waals surface area (Å²) in [6, 6.07) is 2.55. The number of furan rings is 1. The molecule has 7 nitrogen and oxygen atoms in total. The molecule has 1 amide bonds. The Kier molecular flexibility index (Phi) is 7.43. The van der Waals surface area contributed by atoms with Gasteiger partial charge in [0.2, 0.25) is 0 Å². The van der Waals surface area contributed by atoms with Gasteiger partial charge in [0.1, 0.15) is 17.1 Å². The largest absolute Gasteiger partial charge is 0.463 e. The summed E-state index contributed by atoms with van der Waals surface area (Å²) < 4.78 is 62.7. The van der Waals surface area contributed by atoms with Gasteiger partial charge in [-0.3, -0.25) is 9.48 Å². The van der Waals surface area contributed by atoms with E-state index >= 15 is 0 Å². The second kappa shape index (κ2) is 9.59. The van der Waals surface area contributed by atoms with Crippen LogP contribution in [0.25, 0.3) is 0 Å². The molecule has 0 aliphatic heterocycles. The number of nitrogens with one attached hydrogen (secondary N) is 1. The number of carbonyl (C=O) groups is 2. The lowest BCUT2D eigenvalue weighted by Crippen LogP contribution is -2.21. The Labute approximate surface area is 167 Å². The third-order valence-electron chi connectivity index (χ3n) is 3.49. The Morgan fingerprint density at radius 3 is 2.59 bits per heavy atom. The number of aromatic nitrogens is 2. The van der Waals surface area contributed by atoms with Gasteiger partial charge in [0.15, 0.2) is 5.76 Å². The predicted octanol–water partition coefficient (Wildman–Crippen LogP) is 4.25. The molecule has 29 heavy (non-hydrogen) atoms. The van der Waals surface area contributed by atoms with Gasteiger partial charge in [0.25, 0.3) is 18.8 Å². The lowest BCUT2D eigenvalue weighted by Gasteiger charge is -2.05. The smallest absolute Gasteiger partial charge is 0.332 e. The molecular formula is C17H16ClF4N3O4. The highest BCUT2D eigenvalue weighted by molar-refractivity contribution is 6.32. The molecule has 0 bridgehead atoms. The van der Waals surface area contributed by atoms with E-state index in [1.54, 1.807) is 6.92 Å². The number of carbonyl (C=O) groups excluding carboxylic acids is 2. The minimum Gasteiger partial charge on any atom is -0.463 e. The number of halogens is 5. The second-order valence-corrected chi connectivity index (χ2v) is 6.02. The monoisotopic (exact) mass is 437 g/mol. The van der Waals surface area contributed by atoms with Crippen LogP contribution in [0.3, 0.4) is 0 Å². The van der Waals surface area contributed by atoms with E-state index in [2.05, 4.69) is 10.4 Å². The van der Waals surface area contributed by atoms with E-state index < -0.39 is 47.7 Å². The predicted molar refractivity (Wildman–Crippen MR) is 92.8 cm³/mol.